The van der Waals surface area contributed by atoms with E-state index in [2.05, 4.69) is 17.0 Å². The number of methoxy groups -OCH3 is 1. The fraction of sp³-hybridized carbons (Fsp3) is 0.533. The molecule has 1 aromatic carbocycles. The smallest absolute Gasteiger partial charge is 0.165 e. The summed E-state index contributed by atoms with van der Waals surface area (Å²) in [5, 5.41) is 12.4. The van der Waals surface area contributed by atoms with Gasteiger partial charge in [0.25, 0.3) is 0 Å². The lowest BCUT2D eigenvalue weighted by molar-refractivity contribution is 0.220. The summed E-state index contributed by atoms with van der Waals surface area (Å²) < 4.78 is 18.6. The van der Waals surface area contributed by atoms with Crippen molar-refractivity contribution in [2.75, 3.05) is 20.2 Å². The fourth-order valence-corrected chi connectivity index (χ4v) is 2.69. The molecule has 5 heteroatoms. The molecular weight excluding hydrogens is 259 g/mol. The molecule has 0 saturated carbocycles. The zero-order chi connectivity index (χ0) is 14.5. The van der Waals surface area contributed by atoms with Crippen molar-refractivity contribution in [3.63, 3.8) is 0 Å². The average molecular weight is 280 g/mol. The molecule has 0 aromatic heterocycles. The molecule has 1 aliphatic heterocycles. The second-order valence-corrected chi connectivity index (χ2v) is 5.15. The third-order valence-corrected chi connectivity index (χ3v) is 3.88. The summed E-state index contributed by atoms with van der Waals surface area (Å²) in [4.78, 5) is 2.27. The van der Waals surface area contributed by atoms with Crippen molar-refractivity contribution >= 4 is 5.71 Å². The van der Waals surface area contributed by atoms with Crippen LogP contribution in [0.3, 0.4) is 0 Å². The van der Waals surface area contributed by atoms with E-state index in [9.17, 15) is 4.39 Å². The van der Waals surface area contributed by atoms with Crippen molar-refractivity contribution < 1.29 is 14.3 Å². The number of likely N-dealkylation sites (tertiary alicyclic amines) is 1. The van der Waals surface area contributed by atoms with Crippen molar-refractivity contribution in [2.45, 2.75) is 26.3 Å². The molecule has 0 spiro atoms. The number of ether oxygens (including phenoxy) is 1. The van der Waals surface area contributed by atoms with Gasteiger partial charge in [-0.2, -0.15) is 0 Å². The quantitative estimate of drug-likeness (QED) is 0.681. The van der Waals surface area contributed by atoms with Crippen LogP contribution in [0.5, 0.6) is 5.75 Å². The molecule has 1 fully saturated rings. The zero-order valence-corrected chi connectivity index (χ0v) is 12.0. The summed E-state index contributed by atoms with van der Waals surface area (Å²) in [6.07, 6.45) is 1.72. The summed E-state index contributed by atoms with van der Waals surface area (Å²) in [5.41, 5.74) is 1.81. The minimum Gasteiger partial charge on any atom is -0.494 e. The van der Waals surface area contributed by atoms with Crippen LogP contribution in [0.4, 0.5) is 4.39 Å². The highest BCUT2D eigenvalue weighted by molar-refractivity contribution is 5.87. The van der Waals surface area contributed by atoms with E-state index in [1.165, 1.54) is 13.2 Å². The van der Waals surface area contributed by atoms with Crippen molar-refractivity contribution in [1.82, 2.24) is 4.90 Å². The van der Waals surface area contributed by atoms with Gasteiger partial charge in [-0.1, -0.05) is 18.1 Å². The summed E-state index contributed by atoms with van der Waals surface area (Å²) in [5.74, 6) is 0.233. The molecule has 1 heterocycles. The molecule has 20 heavy (non-hydrogen) atoms. The van der Waals surface area contributed by atoms with Gasteiger partial charge in [-0.15, -0.1) is 0 Å². The highest BCUT2D eigenvalue weighted by Gasteiger charge is 2.24. The number of nitrogens with zero attached hydrogens (tertiary/aromatic N) is 2. The highest BCUT2D eigenvalue weighted by Crippen LogP contribution is 2.22. The molecule has 1 aliphatic rings. The van der Waals surface area contributed by atoms with Gasteiger partial charge in [-0.25, -0.2) is 4.39 Å². The summed E-state index contributed by atoms with van der Waals surface area (Å²) in [6, 6.07) is 5.07. The molecule has 0 aliphatic carbocycles. The van der Waals surface area contributed by atoms with Crippen LogP contribution in [0, 0.1) is 11.7 Å². The third-order valence-electron chi connectivity index (χ3n) is 3.88. The molecule has 1 aromatic rings. The number of hydrogen-bond acceptors (Lipinski definition) is 4. The third kappa shape index (κ3) is 3.28. The first-order valence-electron chi connectivity index (χ1n) is 6.93. The maximum Gasteiger partial charge on any atom is 0.165 e. The number of oxime groups is 1. The van der Waals surface area contributed by atoms with E-state index in [0.29, 0.717) is 6.54 Å². The van der Waals surface area contributed by atoms with Crippen LogP contribution in [0.1, 0.15) is 25.3 Å². The van der Waals surface area contributed by atoms with Gasteiger partial charge in [0.1, 0.15) is 0 Å². The van der Waals surface area contributed by atoms with Gasteiger partial charge in [0.15, 0.2) is 11.6 Å². The van der Waals surface area contributed by atoms with E-state index in [1.807, 2.05) is 6.07 Å². The Hall–Kier alpha value is -1.62. The maximum absolute atomic E-state index is 13.7. The molecule has 0 radical (unpaired) electrons. The van der Waals surface area contributed by atoms with Gasteiger partial charge in [-0.3, -0.25) is 4.90 Å². The van der Waals surface area contributed by atoms with E-state index in [0.717, 1.165) is 37.2 Å². The van der Waals surface area contributed by atoms with Crippen LogP contribution in [0.25, 0.3) is 0 Å². The van der Waals surface area contributed by atoms with Crippen LogP contribution >= 0.6 is 0 Å². The molecule has 4 nitrogen and oxygen atoms in total. The second-order valence-electron chi connectivity index (χ2n) is 5.15. The van der Waals surface area contributed by atoms with Gasteiger partial charge >= 0.3 is 0 Å². The first kappa shape index (κ1) is 14.8. The molecular formula is C15H21FN2O2. The van der Waals surface area contributed by atoms with Crippen molar-refractivity contribution in [2.24, 2.45) is 11.1 Å². The fourth-order valence-electron chi connectivity index (χ4n) is 2.69. The largest absolute Gasteiger partial charge is 0.494 e. The Bertz CT molecular complexity index is 491. The van der Waals surface area contributed by atoms with Gasteiger partial charge in [0.2, 0.25) is 0 Å². The van der Waals surface area contributed by atoms with E-state index in [-0.39, 0.29) is 17.5 Å². The van der Waals surface area contributed by atoms with Crippen molar-refractivity contribution in [1.29, 1.82) is 0 Å². The Morgan fingerprint density at radius 2 is 2.30 bits per heavy atom. The molecule has 1 saturated heterocycles. The predicted molar refractivity (Wildman–Crippen MR) is 75.8 cm³/mol. The molecule has 1 unspecified atom stereocenters. The molecule has 1 atom stereocenters. The average Bonchev–Trinajstić information content (AvgIpc) is 2.47. The lowest BCUT2D eigenvalue weighted by Gasteiger charge is -2.32. The van der Waals surface area contributed by atoms with Gasteiger partial charge in [0, 0.05) is 32.0 Å². The lowest BCUT2D eigenvalue weighted by atomic mass is 9.93. The highest BCUT2D eigenvalue weighted by atomic mass is 19.1. The lowest BCUT2D eigenvalue weighted by Crippen LogP contribution is -2.40. The first-order chi connectivity index (χ1) is 9.67. The Morgan fingerprint density at radius 1 is 1.50 bits per heavy atom. The molecule has 0 bridgehead atoms. The van der Waals surface area contributed by atoms with E-state index in [4.69, 9.17) is 9.94 Å². The molecule has 0 amide bonds. The van der Waals surface area contributed by atoms with E-state index >= 15 is 0 Å². The van der Waals surface area contributed by atoms with E-state index in [1.54, 1.807) is 6.07 Å². The molecule has 1 N–H and O–H groups in total. The maximum atomic E-state index is 13.7. The molecule has 2 rings (SSSR count). The van der Waals surface area contributed by atoms with Gasteiger partial charge in [-0.05, 0) is 24.1 Å². The number of halogens is 1. The summed E-state index contributed by atoms with van der Waals surface area (Å²) in [6.45, 7) is 4.48. The number of rotatable bonds is 4. The monoisotopic (exact) mass is 280 g/mol. The van der Waals surface area contributed by atoms with Crippen molar-refractivity contribution in [3.05, 3.63) is 29.6 Å². The first-order valence-corrected chi connectivity index (χ1v) is 6.93. The molecule has 110 valence electrons. The number of benzene rings is 1. The Labute approximate surface area is 118 Å². The normalized spacial score (nSPS) is 22.1. The van der Waals surface area contributed by atoms with Crippen LogP contribution in [-0.2, 0) is 6.54 Å². The van der Waals surface area contributed by atoms with Crippen LogP contribution in [0.15, 0.2) is 23.4 Å². The minimum atomic E-state index is -0.327. The second kappa shape index (κ2) is 6.70. The number of piperidine rings is 1. The van der Waals surface area contributed by atoms with Gasteiger partial charge in [0.05, 0.1) is 12.8 Å². The predicted octanol–water partition coefficient (Wildman–Crippen LogP) is 2.90. The summed E-state index contributed by atoms with van der Waals surface area (Å²) in [7, 11) is 1.46. The van der Waals surface area contributed by atoms with Crippen LogP contribution in [0.2, 0.25) is 0 Å². The standard InChI is InChI=1S/C15H21FN2O2/c1-3-12-10-18(7-6-14(12)17-19)9-11-4-5-15(20-2)13(16)8-11/h4-5,8,12,19H,3,6-7,9-10H2,1-2H3/b17-14+. The topological polar surface area (TPSA) is 45.1 Å². The zero-order valence-electron chi connectivity index (χ0n) is 12.0. The minimum absolute atomic E-state index is 0.272. The Morgan fingerprint density at radius 3 is 2.90 bits per heavy atom. The van der Waals surface area contributed by atoms with Crippen molar-refractivity contribution in [3.8, 4) is 5.75 Å². The van der Waals surface area contributed by atoms with Crippen LogP contribution < -0.4 is 4.74 Å². The Kier molecular flexibility index (Phi) is 4.95. The SMILES string of the molecule is CCC1CN(Cc2ccc(OC)c(F)c2)CC/C1=N\O. The van der Waals surface area contributed by atoms with Crippen LogP contribution in [-0.4, -0.2) is 36.0 Å². The van der Waals surface area contributed by atoms with Gasteiger partial charge < -0.3 is 9.94 Å². The van der Waals surface area contributed by atoms with E-state index < -0.39 is 0 Å². The summed E-state index contributed by atoms with van der Waals surface area (Å²) >= 11 is 0. The number of hydrogen-bond donors (Lipinski definition) is 1. The Balaban J connectivity index is 2.02.